The molecule has 136 valence electrons. The Morgan fingerprint density at radius 3 is 2.52 bits per heavy atom. The second-order valence-corrected chi connectivity index (χ2v) is 7.38. The molecule has 1 fully saturated rings. The molecule has 2 heterocycles. The highest BCUT2D eigenvalue weighted by Crippen LogP contribution is 2.41. The molecule has 0 radical (unpaired) electrons. The monoisotopic (exact) mass is 378 g/mol. The van der Waals surface area contributed by atoms with E-state index in [-0.39, 0.29) is 22.9 Å². The summed E-state index contributed by atoms with van der Waals surface area (Å²) >= 11 is 1.60. The fraction of sp³-hybridized carbons (Fsp3) is 0.143. The van der Waals surface area contributed by atoms with Crippen LogP contribution in [0, 0.1) is 6.92 Å². The van der Waals surface area contributed by atoms with Crippen molar-refractivity contribution in [1.29, 1.82) is 0 Å². The molecule has 2 amide bonds. The number of nitrogens with one attached hydrogen (secondary N) is 1. The largest absolute Gasteiger partial charge is 0.459 e. The molecular weight excluding hydrogens is 360 g/mol. The zero-order valence-corrected chi connectivity index (χ0v) is 15.5. The number of carbonyl (C=O) groups is 2. The fourth-order valence-corrected chi connectivity index (χ4v) is 4.16. The minimum absolute atomic E-state index is 0.0740. The van der Waals surface area contributed by atoms with Crippen LogP contribution in [0.15, 0.2) is 71.3 Å². The van der Waals surface area contributed by atoms with E-state index < -0.39 is 0 Å². The van der Waals surface area contributed by atoms with Crippen molar-refractivity contribution in [3.63, 3.8) is 0 Å². The number of hydrogen-bond donors (Lipinski definition) is 1. The minimum Gasteiger partial charge on any atom is -0.459 e. The highest BCUT2D eigenvalue weighted by atomic mass is 32.2. The van der Waals surface area contributed by atoms with Crippen LogP contribution in [0.4, 0.5) is 11.4 Å². The molecule has 1 aliphatic heterocycles. The molecule has 1 atom stereocenters. The Morgan fingerprint density at radius 1 is 1.11 bits per heavy atom. The van der Waals surface area contributed by atoms with Crippen LogP contribution >= 0.6 is 11.8 Å². The molecule has 1 aromatic heterocycles. The maximum Gasteiger partial charge on any atom is 0.291 e. The predicted molar refractivity (Wildman–Crippen MR) is 107 cm³/mol. The van der Waals surface area contributed by atoms with Crippen molar-refractivity contribution in [1.82, 2.24) is 0 Å². The molecular formula is C21H18N2O3S. The third-order valence-electron chi connectivity index (χ3n) is 4.38. The summed E-state index contributed by atoms with van der Waals surface area (Å²) in [6.45, 7) is 2.03. The van der Waals surface area contributed by atoms with Crippen molar-refractivity contribution in [2.75, 3.05) is 16.0 Å². The summed E-state index contributed by atoms with van der Waals surface area (Å²) in [7, 11) is 0. The van der Waals surface area contributed by atoms with Gasteiger partial charge < -0.3 is 9.73 Å². The molecule has 1 N–H and O–H groups in total. The van der Waals surface area contributed by atoms with Crippen LogP contribution < -0.4 is 10.2 Å². The number of aryl methyl sites for hydroxylation is 1. The molecule has 0 unspecified atom stereocenters. The van der Waals surface area contributed by atoms with Crippen molar-refractivity contribution >= 4 is 35.0 Å². The highest BCUT2D eigenvalue weighted by molar-refractivity contribution is 8.00. The number of anilines is 2. The lowest BCUT2D eigenvalue weighted by Gasteiger charge is -2.24. The Hall–Kier alpha value is -2.99. The number of carbonyl (C=O) groups excluding carboxylic acids is 2. The Bertz CT molecular complexity index is 950. The molecule has 3 aromatic rings. The number of thioether (sulfide) groups is 1. The maximum atomic E-state index is 12.4. The first-order chi connectivity index (χ1) is 13.1. The van der Waals surface area contributed by atoms with Crippen LogP contribution in [0.25, 0.3) is 0 Å². The third-order valence-corrected chi connectivity index (χ3v) is 5.59. The van der Waals surface area contributed by atoms with E-state index >= 15 is 0 Å². The first-order valence-electron chi connectivity index (χ1n) is 8.57. The van der Waals surface area contributed by atoms with E-state index in [1.54, 1.807) is 23.9 Å². The normalized spacial score (nSPS) is 16.6. The number of nitrogens with zero attached hydrogens (tertiary/aromatic N) is 1. The lowest BCUT2D eigenvalue weighted by molar-refractivity contribution is -0.115. The van der Waals surface area contributed by atoms with Gasteiger partial charge in [-0.05, 0) is 48.9 Å². The zero-order chi connectivity index (χ0) is 18.8. The van der Waals surface area contributed by atoms with Crippen molar-refractivity contribution in [3.05, 3.63) is 83.8 Å². The second kappa shape index (κ2) is 7.32. The maximum absolute atomic E-state index is 12.4. The quantitative estimate of drug-likeness (QED) is 0.720. The number of amides is 2. The fourth-order valence-electron chi connectivity index (χ4n) is 2.99. The summed E-state index contributed by atoms with van der Waals surface area (Å²) in [5.41, 5.74) is 3.75. The van der Waals surface area contributed by atoms with E-state index in [0.717, 1.165) is 16.8 Å². The van der Waals surface area contributed by atoms with Gasteiger partial charge in [-0.3, -0.25) is 14.5 Å². The van der Waals surface area contributed by atoms with Gasteiger partial charge in [0.05, 0.1) is 12.0 Å². The van der Waals surface area contributed by atoms with E-state index in [1.807, 2.05) is 60.4 Å². The average molecular weight is 378 g/mol. The van der Waals surface area contributed by atoms with Crippen LogP contribution in [0.1, 0.15) is 27.1 Å². The lowest BCUT2D eigenvalue weighted by Crippen LogP contribution is -2.27. The van der Waals surface area contributed by atoms with Gasteiger partial charge in [0.2, 0.25) is 5.91 Å². The van der Waals surface area contributed by atoms with Crippen LogP contribution in [-0.4, -0.2) is 17.6 Å². The highest BCUT2D eigenvalue weighted by Gasteiger charge is 2.33. The van der Waals surface area contributed by atoms with E-state index in [9.17, 15) is 9.59 Å². The molecule has 0 saturated carbocycles. The van der Waals surface area contributed by atoms with Gasteiger partial charge in [0.15, 0.2) is 5.76 Å². The SMILES string of the molecule is Cc1ccc(N2C(=O)CS[C@@H]2c2ccc(NC(=O)c3ccco3)cc2)cc1. The topological polar surface area (TPSA) is 62.6 Å². The van der Waals surface area contributed by atoms with Gasteiger partial charge in [-0.2, -0.15) is 0 Å². The smallest absolute Gasteiger partial charge is 0.291 e. The molecule has 0 bridgehead atoms. The number of hydrogen-bond acceptors (Lipinski definition) is 4. The van der Waals surface area contributed by atoms with Crippen LogP contribution in [-0.2, 0) is 4.79 Å². The minimum atomic E-state index is -0.292. The van der Waals surface area contributed by atoms with E-state index in [4.69, 9.17) is 4.42 Å². The van der Waals surface area contributed by atoms with Gasteiger partial charge in [-0.25, -0.2) is 0 Å². The van der Waals surface area contributed by atoms with Gasteiger partial charge in [0, 0.05) is 11.4 Å². The van der Waals surface area contributed by atoms with Gasteiger partial charge in [-0.1, -0.05) is 29.8 Å². The zero-order valence-electron chi connectivity index (χ0n) is 14.7. The molecule has 0 aliphatic carbocycles. The first kappa shape index (κ1) is 17.4. The van der Waals surface area contributed by atoms with Crippen molar-refractivity contribution in [2.24, 2.45) is 0 Å². The van der Waals surface area contributed by atoms with Crippen LogP contribution in [0.2, 0.25) is 0 Å². The second-order valence-electron chi connectivity index (χ2n) is 6.32. The summed E-state index contributed by atoms with van der Waals surface area (Å²) in [6.07, 6.45) is 1.46. The van der Waals surface area contributed by atoms with Crippen molar-refractivity contribution in [3.8, 4) is 0 Å². The summed E-state index contributed by atoms with van der Waals surface area (Å²) in [4.78, 5) is 26.3. The Kier molecular flexibility index (Phi) is 4.73. The summed E-state index contributed by atoms with van der Waals surface area (Å²) in [5, 5.41) is 2.73. The number of rotatable bonds is 4. The van der Waals surface area contributed by atoms with Gasteiger partial charge in [0.25, 0.3) is 5.91 Å². The van der Waals surface area contributed by atoms with Crippen LogP contribution in [0.5, 0.6) is 0 Å². The lowest BCUT2D eigenvalue weighted by atomic mass is 10.1. The van der Waals surface area contributed by atoms with Crippen LogP contribution in [0.3, 0.4) is 0 Å². The Balaban J connectivity index is 1.53. The molecule has 0 spiro atoms. The molecule has 1 saturated heterocycles. The molecule has 2 aromatic carbocycles. The average Bonchev–Trinajstić information content (AvgIpc) is 3.33. The van der Waals surface area contributed by atoms with Crippen molar-refractivity contribution in [2.45, 2.75) is 12.3 Å². The number of furan rings is 1. The molecule has 6 heteroatoms. The molecule has 4 rings (SSSR count). The van der Waals surface area contributed by atoms with E-state index in [1.165, 1.54) is 6.26 Å². The summed E-state index contributed by atoms with van der Waals surface area (Å²) in [5.74, 6) is 0.528. The van der Waals surface area contributed by atoms with Gasteiger partial charge in [-0.15, -0.1) is 11.8 Å². The standard InChI is InChI=1S/C21H18N2O3S/c1-14-4-10-17(11-5-14)23-19(24)13-27-21(23)15-6-8-16(9-7-15)22-20(25)18-3-2-12-26-18/h2-12,21H,13H2,1H3,(H,22,25)/t21-/m1/s1. The van der Waals surface area contributed by atoms with Gasteiger partial charge >= 0.3 is 0 Å². The summed E-state index contributed by atoms with van der Waals surface area (Å²) in [6, 6.07) is 18.8. The summed E-state index contributed by atoms with van der Waals surface area (Å²) < 4.78 is 5.10. The Morgan fingerprint density at radius 2 is 1.85 bits per heavy atom. The molecule has 5 nitrogen and oxygen atoms in total. The number of benzene rings is 2. The van der Waals surface area contributed by atoms with Gasteiger partial charge in [0.1, 0.15) is 5.37 Å². The predicted octanol–water partition coefficient (Wildman–Crippen LogP) is 4.62. The van der Waals surface area contributed by atoms with Crippen molar-refractivity contribution < 1.29 is 14.0 Å². The Labute approximate surface area is 161 Å². The molecule has 1 aliphatic rings. The van der Waals surface area contributed by atoms with E-state index in [0.29, 0.717) is 11.4 Å². The molecule has 27 heavy (non-hydrogen) atoms. The van der Waals surface area contributed by atoms with E-state index in [2.05, 4.69) is 5.32 Å². The first-order valence-corrected chi connectivity index (χ1v) is 9.62. The third kappa shape index (κ3) is 3.61.